The van der Waals surface area contributed by atoms with Gasteiger partial charge < -0.3 is 10.3 Å². The summed E-state index contributed by atoms with van der Waals surface area (Å²) in [6, 6.07) is 15.0. The monoisotopic (exact) mass is 399 g/mol. The maximum Gasteiger partial charge on any atom is 0.260 e. The molecule has 0 atom stereocenters. The van der Waals surface area contributed by atoms with Crippen molar-refractivity contribution < 1.29 is 4.79 Å². The van der Waals surface area contributed by atoms with E-state index in [0.717, 1.165) is 27.9 Å². The summed E-state index contributed by atoms with van der Waals surface area (Å²) in [6.07, 6.45) is 5.48. The number of aryl methyl sites for hydroxylation is 2. The molecule has 0 unspecified atom stereocenters. The van der Waals surface area contributed by atoms with E-state index in [1.54, 1.807) is 30.1 Å². The molecule has 0 fully saturated rings. The molecule has 7 nitrogen and oxygen atoms in total. The zero-order valence-corrected chi connectivity index (χ0v) is 16.7. The second kappa shape index (κ2) is 8.16. The summed E-state index contributed by atoms with van der Waals surface area (Å²) in [5.41, 5.74) is 5.17. The molecule has 0 radical (unpaired) electrons. The van der Waals surface area contributed by atoms with Gasteiger partial charge >= 0.3 is 0 Å². The Labute approximate surface area is 173 Å². The average molecular weight is 399 g/mol. The van der Waals surface area contributed by atoms with E-state index in [4.69, 9.17) is 0 Å². The first-order valence-electron chi connectivity index (χ1n) is 9.53. The van der Waals surface area contributed by atoms with Gasteiger partial charge in [-0.3, -0.25) is 19.3 Å². The zero-order chi connectivity index (χ0) is 21.1. The Kier molecular flexibility index (Phi) is 5.26. The molecule has 3 heterocycles. The second-order valence-corrected chi connectivity index (χ2v) is 7.07. The lowest BCUT2D eigenvalue weighted by molar-refractivity contribution is 0.0949. The summed E-state index contributed by atoms with van der Waals surface area (Å²) in [5.74, 6) is -0.406. The van der Waals surface area contributed by atoms with Crippen molar-refractivity contribution in [3.63, 3.8) is 0 Å². The number of nitrogens with one attached hydrogen (secondary N) is 2. The van der Waals surface area contributed by atoms with E-state index in [2.05, 4.69) is 20.4 Å². The molecule has 150 valence electrons. The van der Waals surface area contributed by atoms with Crippen LogP contribution in [0.4, 0.5) is 0 Å². The van der Waals surface area contributed by atoms with E-state index in [-0.39, 0.29) is 5.56 Å². The first kappa shape index (κ1) is 19.3. The number of nitrogens with zero attached hydrogens (tertiary/aromatic N) is 3. The van der Waals surface area contributed by atoms with Crippen molar-refractivity contribution in [2.24, 2.45) is 7.05 Å². The molecule has 0 aliphatic heterocycles. The number of benzene rings is 1. The van der Waals surface area contributed by atoms with Crippen molar-refractivity contribution in [3.05, 3.63) is 94.3 Å². The van der Waals surface area contributed by atoms with Gasteiger partial charge in [0, 0.05) is 49.0 Å². The van der Waals surface area contributed by atoms with Gasteiger partial charge in [-0.25, -0.2) is 0 Å². The van der Waals surface area contributed by atoms with Crippen LogP contribution in [0.25, 0.3) is 22.4 Å². The van der Waals surface area contributed by atoms with Crippen LogP contribution in [0.1, 0.15) is 21.6 Å². The predicted octanol–water partition coefficient (Wildman–Crippen LogP) is 3.08. The van der Waals surface area contributed by atoms with E-state index in [1.165, 1.54) is 6.07 Å². The molecular formula is C23H21N5O2. The Morgan fingerprint density at radius 3 is 2.67 bits per heavy atom. The van der Waals surface area contributed by atoms with Gasteiger partial charge in [-0.15, -0.1) is 0 Å². The molecule has 2 N–H and O–H groups in total. The molecule has 7 heteroatoms. The van der Waals surface area contributed by atoms with E-state index in [1.807, 2.05) is 49.6 Å². The third kappa shape index (κ3) is 4.05. The average Bonchev–Trinajstić information content (AvgIpc) is 3.15. The number of rotatable bonds is 5. The van der Waals surface area contributed by atoms with Gasteiger partial charge in [-0.05, 0) is 48.4 Å². The Balaban J connectivity index is 1.57. The lowest BCUT2D eigenvalue weighted by Gasteiger charge is -2.08. The normalized spacial score (nSPS) is 10.7. The summed E-state index contributed by atoms with van der Waals surface area (Å²) >= 11 is 0. The lowest BCUT2D eigenvalue weighted by Crippen LogP contribution is -2.29. The number of carbonyl (C=O) groups excluding carboxylic acids is 1. The lowest BCUT2D eigenvalue weighted by atomic mass is 10.0. The number of aromatic amines is 1. The zero-order valence-electron chi connectivity index (χ0n) is 16.7. The topological polar surface area (TPSA) is 92.7 Å². The number of amides is 1. The number of aromatic nitrogens is 4. The maximum absolute atomic E-state index is 12.4. The number of H-pyrrole nitrogens is 1. The van der Waals surface area contributed by atoms with Gasteiger partial charge in [0.2, 0.25) is 0 Å². The van der Waals surface area contributed by atoms with Crippen molar-refractivity contribution in [1.29, 1.82) is 0 Å². The molecule has 0 spiro atoms. The minimum atomic E-state index is -0.406. The molecule has 1 amide bonds. The fourth-order valence-corrected chi connectivity index (χ4v) is 3.30. The Morgan fingerprint density at radius 1 is 1.10 bits per heavy atom. The Bertz CT molecular complexity index is 1260. The highest BCUT2D eigenvalue weighted by Gasteiger charge is 2.14. The summed E-state index contributed by atoms with van der Waals surface area (Å²) in [4.78, 5) is 31.1. The summed E-state index contributed by atoms with van der Waals surface area (Å²) < 4.78 is 1.78. The third-order valence-corrected chi connectivity index (χ3v) is 4.77. The van der Waals surface area contributed by atoms with E-state index < -0.39 is 11.5 Å². The van der Waals surface area contributed by atoms with Gasteiger partial charge in [0.15, 0.2) is 0 Å². The number of hydrogen-bond acceptors (Lipinski definition) is 4. The molecule has 4 rings (SSSR count). The number of hydrogen-bond donors (Lipinski definition) is 2. The van der Waals surface area contributed by atoms with Crippen LogP contribution < -0.4 is 10.9 Å². The first-order valence-corrected chi connectivity index (χ1v) is 9.53. The van der Waals surface area contributed by atoms with Crippen molar-refractivity contribution in [1.82, 2.24) is 25.1 Å². The van der Waals surface area contributed by atoms with Gasteiger partial charge in [-0.2, -0.15) is 5.10 Å². The smallest absolute Gasteiger partial charge is 0.260 e. The molecule has 0 saturated carbocycles. The molecule has 4 aromatic rings. The van der Waals surface area contributed by atoms with Crippen LogP contribution >= 0.6 is 0 Å². The van der Waals surface area contributed by atoms with E-state index in [9.17, 15) is 9.59 Å². The molecule has 0 saturated heterocycles. The molecular weight excluding hydrogens is 378 g/mol. The molecule has 3 aromatic heterocycles. The minimum absolute atomic E-state index is 0.0986. The quantitative estimate of drug-likeness (QED) is 0.539. The van der Waals surface area contributed by atoms with Crippen LogP contribution in [-0.2, 0) is 13.6 Å². The highest BCUT2D eigenvalue weighted by molar-refractivity contribution is 5.93. The van der Waals surface area contributed by atoms with Gasteiger partial charge in [0.1, 0.15) is 11.3 Å². The molecule has 0 aliphatic carbocycles. The van der Waals surface area contributed by atoms with Crippen molar-refractivity contribution in [3.8, 4) is 22.4 Å². The minimum Gasteiger partial charge on any atom is -0.348 e. The molecule has 0 aliphatic rings. The van der Waals surface area contributed by atoms with Crippen LogP contribution in [-0.4, -0.2) is 25.7 Å². The fourth-order valence-electron chi connectivity index (χ4n) is 3.30. The molecule has 0 bridgehead atoms. The van der Waals surface area contributed by atoms with E-state index >= 15 is 0 Å². The van der Waals surface area contributed by atoms with Gasteiger partial charge in [0.05, 0.1) is 0 Å². The van der Waals surface area contributed by atoms with Gasteiger partial charge in [-0.1, -0.05) is 18.2 Å². The Hall–Kier alpha value is -4.00. The van der Waals surface area contributed by atoms with E-state index in [0.29, 0.717) is 12.2 Å². The van der Waals surface area contributed by atoms with Crippen molar-refractivity contribution in [2.75, 3.05) is 0 Å². The highest BCUT2D eigenvalue weighted by Crippen LogP contribution is 2.30. The van der Waals surface area contributed by atoms with Crippen LogP contribution in [0.3, 0.4) is 0 Å². The highest BCUT2D eigenvalue weighted by atomic mass is 16.2. The largest absolute Gasteiger partial charge is 0.348 e. The van der Waals surface area contributed by atoms with Crippen LogP contribution in [0.15, 0.2) is 71.9 Å². The van der Waals surface area contributed by atoms with Crippen LogP contribution in [0, 0.1) is 6.92 Å². The Morgan fingerprint density at radius 2 is 1.90 bits per heavy atom. The third-order valence-electron chi connectivity index (χ3n) is 4.77. The van der Waals surface area contributed by atoms with Crippen LogP contribution in [0.2, 0.25) is 0 Å². The summed E-state index contributed by atoms with van der Waals surface area (Å²) in [5, 5.41) is 7.44. The number of pyridine rings is 2. The van der Waals surface area contributed by atoms with Gasteiger partial charge in [0.25, 0.3) is 11.5 Å². The first-order chi connectivity index (χ1) is 14.5. The number of carbonyl (C=O) groups is 1. The van der Waals surface area contributed by atoms with Crippen molar-refractivity contribution >= 4 is 5.91 Å². The molecule has 1 aromatic carbocycles. The standard InChI is InChI=1S/C23H21N5O2/c1-15-6-7-19(23(30)26-15)22(29)25-13-16-4-3-5-18(12-16)21-20(14-28(2)27-21)17-8-10-24-11-9-17/h3-12,14H,13H2,1-2H3,(H,25,29)(H,26,30). The maximum atomic E-state index is 12.4. The van der Waals surface area contributed by atoms with Crippen molar-refractivity contribution in [2.45, 2.75) is 13.5 Å². The second-order valence-electron chi connectivity index (χ2n) is 7.07. The molecule has 30 heavy (non-hydrogen) atoms. The summed E-state index contributed by atoms with van der Waals surface area (Å²) in [7, 11) is 1.89. The summed E-state index contributed by atoms with van der Waals surface area (Å²) in [6.45, 7) is 2.07. The SMILES string of the molecule is Cc1ccc(C(=O)NCc2cccc(-c3nn(C)cc3-c3ccncc3)c2)c(=O)[nH]1. The fraction of sp³-hybridized carbons (Fsp3) is 0.130. The van der Waals surface area contributed by atoms with Crippen LogP contribution in [0.5, 0.6) is 0 Å². The predicted molar refractivity (Wildman–Crippen MR) is 115 cm³/mol.